The summed E-state index contributed by atoms with van der Waals surface area (Å²) in [5, 5.41) is 0. The summed E-state index contributed by atoms with van der Waals surface area (Å²) in [6.07, 6.45) is 4.17. The Morgan fingerprint density at radius 1 is 1.15 bits per heavy atom. The van der Waals surface area contributed by atoms with E-state index in [0.29, 0.717) is 19.6 Å². The summed E-state index contributed by atoms with van der Waals surface area (Å²) in [5.74, 6) is -1.27. The topological polar surface area (TPSA) is 61.8 Å². The molecule has 5 nitrogen and oxygen atoms in total. The highest BCUT2D eigenvalue weighted by Crippen LogP contribution is 2.67. The molecule has 5 heteroatoms. The molecule has 0 amide bonds. The van der Waals surface area contributed by atoms with E-state index in [-0.39, 0.29) is 23.6 Å². The van der Waals surface area contributed by atoms with Crippen LogP contribution in [0.3, 0.4) is 0 Å². The van der Waals surface area contributed by atoms with Gasteiger partial charge in [0.05, 0.1) is 26.2 Å². The highest BCUT2D eigenvalue weighted by atomic mass is 16.7. The summed E-state index contributed by atoms with van der Waals surface area (Å²) in [5.41, 5.74) is -0.513. The zero-order chi connectivity index (χ0) is 14.4. The number of carbonyl (C=O) groups excluding carboxylic acids is 2. The number of carbonyl (C=O) groups is 2. The van der Waals surface area contributed by atoms with Crippen molar-refractivity contribution in [3.05, 3.63) is 0 Å². The zero-order valence-electron chi connectivity index (χ0n) is 12.1. The van der Waals surface area contributed by atoms with E-state index in [0.717, 1.165) is 25.7 Å². The van der Waals surface area contributed by atoms with Crippen molar-refractivity contribution in [1.29, 1.82) is 0 Å². The fourth-order valence-corrected chi connectivity index (χ4v) is 4.69. The molecule has 1 heterocycles. The molecule has 112 valence electrons. The SMILES string of the molecule is COC(=O)[C@@H]1CC2(OCCO2)[C@@]12CCCC[C@H]2C(C)=O. The summed E-state index contributed by atoms with van der Waals surface area (Å²) in [4.78, 5) is 24.3. The molecule has 2 saturated carbocycles. The largest absolute Gasteiger partial charge is 0.469 e. The lowest BCUT2D eigenvalue weighted by atomic mass is 9.45. The van der Waals surface area contributed by atoms with Gasteiger partial charge in [-0.3, -0.25) is 9.59 Å². The second-order valence-corrected chi connectivity index (χ2v) is 6.18. The number of hydrogen-bond acceptors (Lipinski definition) is 5. The first-order chi connectivity index (χ1) is 9.57. The molecular formula is C15H22O5. The molecule has 0 aromatic carbocycles. The molecule has 3 rings (SSSR count). The van der Waals surface area contributed by atoms with Crippen LogP contribution in [0.2, 0.25) is 0 Å². The van der Waals surface area contributed by atoms with E-state index in [1.54, 1.807) is 6.92 Å². The van der Waals surface area contributed by atoms with Crippen LogP contribution in [0.5, 0.6) is 0 Å². The second kappa shape index (κ2) is 4.81. The highest BCUT2D eigenvalue weighted by Gasteiger charge is 2.75. The van der Waals surface area contributed by atoms with Gasteiger partial charge in [0.1, 0.15) is 5.78 Å². The van der Waals surface area contributed by atoms with Gasteiger partial charge in [-0.25, -0.2) is 0 Å². The molecule has 0 aromatic rings. The third-order valence-corrected chi connectivity index (χ3v) is 5.49. The standard InChI is InChI=1S/C15H22O5/c1-10(16)11-5-3-4-6-14(11)12(13(17)18-2)9-15(14)19-7-8-20-15/h11-12H,3-9H2,1-2H3/t11-,12-,14+/m0/s1. The molecule has 1 aliphatic heterocycles. The molecule has 3 atom stereocenters. The van der Waals surface area contributed by atoms with Crippen molar-refractivity contribution in [2.24, 2.45) is 17.3 Å². The Balaban J connectivity index is 2.01. The number of fused-ring (bicyclic) bond motifs is 1. The predicted molar refractivity (Wildman–Crippen MR) is 69.8 cm³/mol. The highest BCUT2D eigenvalue weighted by molar-refractivity contribution is 5.83. The molecule has 20 heavy (non-hydrogen) atoms. The predicted octanol–water partition coefficient (Wildman–Crippen LogP) is 1.69. The van der Waals surface area contributed by atoms with Crippen molar-refractivity contribution in [1.82, 2.24) is 0 Å². The fourth-order valence-electron chi connectivity index (χ4n) is 4.69. The van der Waals surface area contributed by atoms with E-state index in [4.69, 9.17) is 14.2 Å². The van der Waals surface area contributed by atoms with Gasteiger partial charge in [-0.2, -0.15) is 0 Å². The van der Waals surface area contributed by atoms with Gasteiger partial charge in [0, 0.05) is 17.8 Å². The minimum atomic E-state index is -0.734. The van der Waals surface area contributed by atoms with Crippen molar-refractivity contribution < 1.29 is 23.8 Å². The maximum atomic E-state index is 12.1. The Morgan fingerprint density at radius 2 is 1.85 bits per heavy atom. The number of esters is 1. The Kier molecular flexibility index (Phi) is 3.37. The van der Waals surface area contributed by atoms with Gasteiger partial charge in [0.15, 0.2) is 5.79 Å². The number of ether oxygens (including phenoxy) is 3. The van der Waals surface area contributed by atoms with E-state index < -0.39 is 11.2 Å². The van der Waals surface area contributed by atoms with Crippen LogP contribution in [0.15, 0.2) is 0 Å². The number of ketones is 1. The van der Waals surface area contributed by atoms with E-state index in [1.807, 2.05) is 0 Å². The molecular weight excluding hydrogens is 260 g/mol. The van der Waals surface area contributed by atoms with Crippen molar-refractivity contribution in [2.75, 3.05) is 20.3 Å². The number of Topliss-reactive ketones (excluding diaryl/α,β-unsaturated/α-hetero) is 1. The maximum Gasteiger partial charge on any atom is 0.309 e. The summed E-state index contributed by atoms with van der Waals surface area (Å²) in [6.45, 7) is 2.70. The molecule has 1 saturated heterocycles. The first kappa shape index (κ1) is 14.0. The van der Waals surface area contributed by atoms with Crippen molar-refractivity contribution in [2.45, 2.75) is 44.8 Å². The van der Waals surface area contributed by atoms with Gasteiger partial charge in [0.25, 0.3) is 0 Å². The van der Waals surface area contributed by atoms with Crippen LogP contribution in [0.4, 0.5) is 0 Å². The van der Waals surface area contributed by atoms with Crippen molar-refractivity contribution in [3.8, 4) is 0 Å². The van der Waals surface area contributed by atoms with Gasteiger partial charge >= 0.3 is 5.97 Å². The normalized spacial score (nSPS) is 38.7. The lowest BCUT2D eigenvalue weighted by molar-refractivity contribution is -0.344. The van der Waals surface area contributed by atoms with E-state index in [9.17, 15) is 9.59 Å². The Bertz CT molecular complexity index is 426. The molecule has 0 N–H and O–H groups in total. The summed E-state index contributed by atoms with van der Waals surface area (Å²) in [7, 11) is 1.41. The first-order valence-electron chi connectivity index (χ1n) is 7.43. The van der Waals surface area contributed by atoms with Gasteiger partial charge in [-0.1, -0.05) is 12.8 Å². The lowest BCUT2D eigenvalue weighted by Gasteiger charge is -2.63. The molecule has 0 bridgehead atoms. The lowest BCUT2D eigenvalue weighted by Crippen LogP contribution is -2.71. The van der Waals surface area contributed by atoms with Crippen LogP contribution in [-0.2, 0) is 23.8 Å². The van der Waals surface area contributed by atoms with Crippen LogP contribution in [-0.4, -0.2) is 37.9 Å². The van der Waals surface area contributed by atoms with Crippen LogP contribution in [0.25, 0.3) is 0 Å². The third-order valence-electron chi connectivity index (χ3n) is 5.49. The average Bonchev–Trinajstić information content (AvgIpc) is 2.95. The van der Waals surface area contributed by atoms with Crippen molar-refractivity contribution >= 4 is 11.8 Å². The van der Waals surface area contributed by atoms with Gasteiger partial charge in [-0.15, -0.1) is 0 Å². The first-order valence-corrected chi connectivity index (χ1v) is 7.43. The van der Waals surface area contributed by atoms with Gasteiger partial charge in [-0.05, 0) is 19.8 Å². The minimum Gasteiger partial charge on any atom is -0.469 e. The molecule has 0 aromatic heterocycles. The van der Waals surface area contributed by atoms with Crippen LogP contribution >= 0.6 is 0 Å². The van der Waals surface area contributed by atoms with E-state index >= 15 is 0 Å². The quantitative estimate of drug-likeness (QED) is 0.721. The average molecular weight is 282 g/mol. The zero-order valence-corrected chi connectivity index (χ0v) is 12.1. The summed E-state index contributed by atoms with van der Waals surface area (Å²) in [6, 6.07) is 0. The number of hydrogen-bond donors (Lipinski definition) is 0. The third kappa shape index (κ3) is 1.62. The summed E-state index contributed by atoms with van der Waals surface area (Å²) < 4.78 is 16.7. The maximum absolute atomic E-state index is 12.1. The molecule has 0 unspecified atom stereocenters. The Hall–Kier alpha value is -0.940. The van der Waals surface area contributed by atoms with Crippen LogP contribution < -0.4 is 0 Å². The van der Waals surface area contributed by atoms with Gasteiger partial charge < -0.3 is 14.2 Å². The van der Waals surface area contributed by atoms with E-state index in [1.165, 1.54) is 7.11 Å². The fraction of sp³-hybridized carbons (Fsp3) is 0.867. The smallest absolute Gasteiger partial charge is 0.309 e. The molecule has 3 fully saturated rings. The molecule has 2 spiro atoms. The second-order valence-electron chi connectivity index (χ2n) is 6.18. The van der Waals surface area contributed by atoms with Gasteiger partial charge in [0.2, 0.25) is 0 Å². The molecule has 0 radical (unpaired) electrons. The van der Waals surface area contributed by atoms with Crippen LogP contribution in [0.1, 0.15) is 39.0 Å². The molecule has 2 aliphatic carbocycles. The molecule has 3 aliphatic rings. The Morgan fingerprint density at radius 3 is 2.45 bits per heavy atom. The van der Waals surface area contributed by atoms with Crippen molar-refractivity contribution in [3.63, 3.8) is 0 Å². The minimum absolute atomic E-state index is 0.136. The number of methoxy groups -OCH3 is 1. The summed E-state index contributed by atoms with van der Waals surface area (Å²) >= 11 is 0. The Labute approximate surface area is 118 Å². The number of rotatable bonds is 2. The monoisotopic (exact) mass is 282 g/mol. The van der Waals surface area contributed by atoms with Crippen LogP contribution in [0, 0.1) is 17.3 Å². The van der Waals surface area contributed by atoms with E-state index in [2.05, 4.69) is 0 Å².